The minimum atomic E-state index is 0.432. The van der Waals surface area contributed by atoms with Gasteiger partial charge >= 0.3 is 0 Å². The Bertz CT molecular complexity index is 610. The molecule has 0 unspecified atom stereocenters. The van der Waals surface area contributed by atoms with Gasteiger partial charge in [0.1, 0.15) is 12.4 Å². The van der Waals surface area contributed by atoms with Gasteiger partial charge < -0.3 is 4.74 Å². The summed E-state index contributed by atoms with van der Waals surface area (Å²) in [4.78, 5) is 0. The van der Waals surface area contributed by atoms with Crippen LogP contribution in [0, 0.1) is 6.92 Å². The van der Waals surface area contributed by atoms with Crippen LogP contribution in [-0.2, 0) is 26.0 Å². The SMILES string of the molecule is CCc1cc(COc2c(C)cc(Br)cc2CCl)n(C)n1. The first-order valence-electron chi connectivity index (χ1n) is 6.54. The van der Waals surface area contributed by atoms with E-state index in [2.05, 4.69) is 34.0 Å². The first kappa shape index (κ1) is 15.4. The molecule has 108 valence electrons. The number of nitrogens with zero attached hydrogens (tertiary/aromatic N) is 2. The van der Waals surface area contributed by atoms with E-state index in [1.165, 1.54) is 0 Å². The number of hydrogen-bond donors (Lipinski definition) is 0. The van der Waals surface area contributed by atoms with E-state index in [-0.39, 0.29) is 0 Å². The van der Waals surface area contributed by atoms with Crippen LogP contribution in [0.1, 0.15) is 29.4 Å². The molecular formula is C15H18BrClN2O. The summed E-state index contributed by atoms with van der Waals surface area (Å²) < 4.78 is 8.86. The number of aryl methyl sites for hydroxylation is 3. The molecule has 0 amide bonds. The second-order valence-corrected chi connectivity index (χ2v) is 5.92. The van der Waals surface area contributed by atoms with Crippen LogP contribution < -0.4 is 4.74 Å². The van der Waals surface area contributed by atoms with Gasteiger partial charge in [0.15, 0.2) is 0 Å². The Hall–Kier alpha value is -1.00. The quantitative estimate of drug-likeness (QED) is 0.743. The van der Waals surface area contributed by atoms with Crippen molar-refractivity contribution >= 4 is 27.5 Å². The van der Waals surface area contributed by atoms with Gasteiger partial charge in [-0.1, -0.05) is 22.9 Å². The molecule has 1 aromatic heterocycles. The first-order chi connectivity index (χ1) is 9.55. The van der Waals surface area contributed by atoms with Crippen molar-refractivity contribution < 1.29 is 4.74 Å². The predicted octanol–water partition coefficient (Wildman–Crippen LogP) is 4.37. The highest BCUT2D eigenvalue weighted by molar-refractivity contribution is 9.10. The third kappa shape index (κ3) is 3.36. The normalized spacial score (nSPS) is 10.8. The van der Waals surface area contributed by atoms with Crippen LogP contribution in [-0.4, -0.2) is 9.78 Å². The minimum absolute atomic E-state index is 0.432. The molecule has 0 aliphatic carbocycles. The maximum Gasteiger partial charge on any atom is 0.130 e. The maximum absolute atomic E-state index is 6.00. The molecule has 0 aliphatic heterocycles. The molecule has 0 bridgehead atoms. The van der Waals surface area contributed by atoms with Crippen molar-refractivity contribution in [2.75, 3.05) is 0 Å². The number of aromatic nitrogens is 2. The molecule has 0 spiro atoms. The average Bonchev–Trinajstić information content (AvgIpc) is 2.77. The Morgan fingerprint density at radius 1 is 1.35 bits per heavy atom. The van der Waals surface area contributed by atoms with Gasteiger partial charge in [-0.3, -0.25) is 4.68 Å². The lowest BCUT2D eigenvalue weighted by atomic mass is 10.1. The summed E-state index contributed by atoms with van der Waals surface area (Å²) in [5, 5.41) is 4.42. The Balaban J connectivity index is 2.20. The third-order valence-corrected chi connectivity index (χ3v) is 3.96. The molecule has 2 aromatic rings. The van der Waals surface area contributed by atoms with E-state index in [4.69, 9.17) is 16.3 Å². The molecule has 0 atom stereocenters. The second kappa shape index (κ2) is 6.64. The maximum atomic E-state index is 6.00. The Labute approximate surface area is 133 Å². The van der Waals surface area contributed by atoms with Crippen LogP contribution in [0.5, 0.6) is 5.75 Å². The number of hydrogen-bond acceptors (Lipinski definition) is 2. The van der Waals surface area contributed by atoms with Crippen molar-refractivity contribution in [1.82, 2.24) is 9.78 Å². The molecule has 1 aromatic carbocycles. The molecule has 3 nitrogen and oxygen atoms in total. The van der Waals surface area contributed by atoms with Crippen LogP contribution in [0.15, 0.2) is 22.7 Å². The lowest BCUT2D eigenvalue weighted by Gasteiger charge is -2.13. The molecule has 20 heavy (non-hydrogen) atoms. The van der Waals surface area contributed by atoms with E-state index in [1.54, 1.807) is 0 Å². The van der Waals surface area contributed by atoms with Crippen LogP contribution in [0.25, 0.3) is 0 Å². The standard InChI is InChI=1S/C15H18BrClN2O/c1-4-13-7-14(19(3)18-13)9-20-15-10(2)5-12(16)6-11(15)8-17/h5-7H,4,8-9H2,1-3H3. The van der Waals surface area contributed by atoms with E-state index in [9.17, 15) is 0 Å². The molecule has 0 fully saturated rings. The van der Waals surface area contributed by atoms with E-state index in [0.29, 0.717) is 12.5 Å². The zero-order chi connectivity index (χ0) is 14.7. The van der Waals surface area contributed by atoms with Crippen LogP contribution in [0.2, 0.25) is 0 Å². The van der Waals surface area contributed by atoms with Crippen molar-refractivity contribution in [2.45, 2.75) is 32.8 Å². The molecule has 0 N–H and O–H groups in total. The van der Waals surface area contributed by atoms with Crippen molar-refractivity contribution in [1.29, 1.82) is 0 Å². The molecule has 0 radical (unpaired) electrons. The molecule has 0 saturated heterocycles. The molecular weight excluding hydrogens is 340 g/mol. The highest BCUT2D eigenvalue weighted by Crippen LogP contribution is 2.30. The van der Waals surface area contributed by atoms with Crippen molar-refractivity contribution in [3.8, 4) is 5.75 Å². The van der Waals surface area contributed by atoms with Gasteiger partial charge in [-0.25, -0.2) is 0 Å². The van der Waals surface area contributed by atoms with Gasteiger partial charge in [0.25, 0.3) is 0 Å². The molecule has 5 heteroatoms. The van der Waals surface area contributed by atoms with Crippen molar-refractivity contribution in [2.24, 2.45) is 7.05 Å². The largest absolute Gasteiger partial charge is 0.487 e. The number of rotatable bonds is 5. The summed E-state index contributed by atoms with van der Waals surface area (Å²) in [7, 11) is 1.94. The first-order valence-corrected chi connectivity index (χ1v) is 7.87. The lowest BCUT2D eigenvalue weighted by molar-refractivity contribution is 0.290. The van der Waals surface area contributed by atoms with Gasteiger partial charge in [-0.05, 0) is 37.1 Å². The fourth-order valence-electron chi connectivity index (χ4n) is 2.13. The van der Waals surface area contributed by atoms with E-state index in [1.807, 2.05) is 30.8 Å². The van der Waals surface area contributed by atoms with E-state index in [0.717, 1.165) is 39.2 Å². The Kier molecular flexibility index (Phi) is 5.11. The van der Waals surface area contributed by atoms with Gasteiger partial charge in [0.05, 0.1) is 17.3 Å². The van der Waals surface area contributed by atoms with Gasteiger partial charge in [-0.15, -0.1) is 11.6 Å². The summed E-state index contributed by atoms with van der Waals surface area (Å²) in [6.07, 6.45) is 0.929. The zero-order valence-corrected chi connectivity index (χ0v) is 14.3. The zero-order valence-electron chi connectivity index (χ0n) is 11.9. The Morgan fingerprint density at radius 3 is 2.70 bits per heavy atom. The fourth-order valence-corrected chi connectivity index (χ4v) is 2.95. The predicted molar refractivity (Wildman–Crippen MR) is 85.4 cm³/mol. The number of halogens is 2. The Morgan fingerprint density at radius 2 is 2.10 bits per heavy atom. The average molecular weight is 358 g/mol. The summed E-state index contributed by atoms with van der Waals surface area (Å²) in [5.74, 6) is 1.30. The lowest BCUT2D eigenvalue weighted by Crippen LogP contribution is -2.05. The molecule has 0 aliphatic rings. The summed E-state index contributed by atoms with van der Waals surface area (Å²) in [6.45, 7) is 4.62. The van der Waals surface area contributed by atoms with Crippen LogP contribution in [0.3, 0.4) is 0 Å². The minimum Gasteiger partial charge on any atom is -0.487 e. The summed E-state index contributed by atoms with van der Waals surface area (Å²) in [6, 6.07) is 6.11. The van der Waals surface area contributed by atoms with Gasteiger partial charge in [-0.2, -0.15) is 5.10 Å². The monoisotopic (exact) mass is 356 g/mol. The smallest absolute Gasteiger partial charge is 0.130 e. The summed E-state index contributed by atoms with van der Waals surface area (Å²) in [5.41, 5.74) is 4.21. The molecule has 2 rings (SSSR count). The molecule has 1 heterocycles. The highest BCUT2D eigenvalue weighted by Gasteiger charge is 2.10. The number of ether oxygens (including phenoxy) is 1. The van der Waals surface area contributed by atoms with Crippen LogP contribution in [0.4, 0.5) is 0 Å². The van der Waals surface area contributed by atoms with E-state index < -0.39 is 0 Å². The number of benzene rings is 1. The van der Waals surface area contributed by atoms with Crippen molar-refractivity contribution in [3.63, 3.8) is 0 Å². The molecule has 0 saturated carbocycles. The fraction of sp³-hybridized carbons (Fsp3) is 0.400. The van der Waals surface area contributed by atoms with Crippen LogP contribution >= 0.6 is 27.5 Å². The highest BCUT2D eigenvalue weighted by atomic mass is 79.9. The van der Waals surface area contributed by atoms with Gasteiger partial charge in [0, 0.05) is 17.1 Å². The van der Waals surface area contributed by atoms with Crippen molar-refractivity contribution in [3.05, 3.63) is 45.2 Å². The topological polar surface area (TPSA) is 27.1 Å². The van der Waals surface area contributed by atoms with Gasteiger partial charge in [0.2, 0.25) is 0 Å². The second-order valence-electron chi connectivity index (χ2n) is 4.74. The number of alkyl halides is 1. The third-order valence-electron chi connectivity index (χ3n) is 3.21. The summed E-state index contributed by atoms with van der Waals surface area (Å²) >= 11 is 9.48. The van der Waals surface area contributed by atoms with E-state index >= 15 is 0 Å².